The van der Waals surface area contributed by atoms with Crippen LogP contribution in [-0.4, -0.2) is 24.2 Å². The van der Waals surface area contributed by atoms with Gasteiger partial charge in [0.15, 0.2) is 0 Å². The molecule has 4 bridgehead atoms. The highest BCUT2D eigenvalue weighted by Crippen LogP contribution is 2.43. The van der Waals surface area contributed by atoms with Gasteiger partial charge in [-0.2, -0.15) is 10.2 Å². The zero-order chi connectivity index (χ0) is 20.5. The van der Waals surface area contributed by atoms with Gasteiger partial charge in [-0.15, -0.1) is 0 Å². The molecule has 2 amide bonds. The van der Waals surface area contributed by atoms with Gasteiger partial charge in [0.05, 0.1) is 0 Å². The normalized spacial score (nSPS) is 33.2. The summed E-state index contributed by atoms with van der Waals surface area (Å²) in [5.74, 6) is 2.77. The van der Waals surface area contributed by atoms with Crippen LogP contribution in [0.5, 0.6) is 0 Å². The number of benzene rings is 1. The number of amides is 2. The molecule has 6 nitrogen and oxygen atoms in total. The fraction of sp³-hybridized carbons (Fsp3) is 0.417. The van der Waals surface area contributed by atoms with Gasteiger partial charge >= 0.3 is 0 Å². The molecule has 154 valence electrons. The minimum absolute atomic E-state index is 0.278. The van der Waals surface area contributed by atoms with Gasteiger partial charge in [0.1, 0.15) is 0 Å². The van der Waals surface area contributed by atoms with Gasteiger partial charge in [-0.05, 0) is 73.6 Å². The number of carbonyl (C=O) groups is 2. The Morgan fingerprint density at radius 1 is 0.700 bits per heavy atom. The van der Waals surface area contributed by atoms with E-state index in [-0.39, 0.29) is 11.8 Å². The van der Waals surface area contributed by atoms with E-state index in [0.717, 1.165) is 12.8 Å². The highest BCUT2D eigenvalue weighted by molar-refractivity contribution is 5.98. The highest BCUT2D eigenvalue weighted by atomic mass is 16.2. The molecule has 30 heavy (non-hydrogen) atoms. The molecule has 1 aromatic carbocycles. The number of rotatable bonds is 6. The summed E-state index contributed by atoms with van der Waals surface area (Å²) in [5, 5.41) is 8.28. The average Bonchev–Trinajstić information content (AvgIpc) is 3.56. The second-order valence-corrected chi connectivity index (χ2v) is 8.90. The van der Waals surface area contributed by atoms with Crippen molar-refractivity contribution in [2.45, 2.75) is 25.7 Å². The van der Waals surface area contributed by atoms with Crippen LogP contribution in [0.3, 0.4) is 0 Å². The summed E-state index contributed by atoms with van der Waals surface area (Å²) in [6.07, 6.45) is 17.4. The van der Waals surface area contributed by atoms with Crippen molar-refractivity contribution in [3.63, 3.8) is 0 Å². The predicted octanol–water partition coefficient (Wildman–Crippen LogP) is 3.54. The maximum atomic E-state index is 12.3. The van der Waals surface area contributed by atoms with E-state index in [1.54, 1.807) is 24.3 Å². The quantitative estimate of drug-likeness (QED) is 0.433. The molecule has 5 rings (SSSR count). The van der Waals surface area contributed by atoms with Gasteiger partial charge in [0, 0.05) is 35.4 Å². The van der Waals surface area contributed by atoms with Crippen molar-refractivity contribution >= 4 is 24.2 Å². The number of hydrazone groups is 2. The number of carbonyl (C=O) groups excluding carboxylic acids is 2. The van der Waals surface area contributed by atoms with Crippen LogP contribution in [0.4, 0.5) is 0 Å². The fourth-order valence-corrected chi connectivity index (χ4v) is 5.27. The average molecular weight is 402 g/mol. The molecule has 6 heteroatoms. The third-order valence-corrected chi connectivity index (χ3v) is 6.93. The Bertz CT molecular complexity index is 869. The topological polar surface area (TPSA) is 82.9 Å². The Kier molecular flexibility index (Phi) is 5.07. The molecule has 6 unspecified atom stereocenters. The SMILES string of the molecule is O=C(NN=CC1CC2C=CC1C2)c1ccc(C(=O)NN=CC2CC3C=CC2C3)cc1. The third-order valence-electron chi connectivity index (χ3n) is 6.93. The highest BCUT2D eigenvalue weighted by Gasteiger charge is 2.35. The van der Waals surface area contributed by atoms with Crippen molar-refractivity contribution in [3.8, 4) is 0 Å². The van der Waals surface area contributed by atoms with Crippen LogP contribution in [-0.2, 0) is 0 Å². The minimum Gasteiger partial charge on any atom is -0.267 e. The molecule has 4 aliphatic rings. The molecule has 0 aliphatic heterocycles. The molecule has 1 aromatic rings. The van der Waals surface area contributed by atoms with Crippen molar-refractivity contribution in [2.75, 3.05) is 0 Å². The zero-order valence-electron chi connectivity index (χ0n) is 16.8. The van der Waals surface area contributed by atoms with Crippen molar-refractivity contribution < 1.29 is 9.59 Å². The van der Waals surface area contributed by atoms with E-state index in [2.05, 4.69) is 45.4 Å². The molecule has 2 saturated carbocycles. The van der Waals surface area contributed by atoms with Crippen LogP contribution in [0.1, 0.15) is 46.4 Å². The molecule has 2 N–H and O–H groups in total. The standard InChI is InChI=1S/C24H26N4O2/c29-23(27-25-13-21-11-15-1-3-19(21)9-15)17-5-7-18(8-6-17)24(30)28-26-14-22-12-16-2-4-20(22)10-16/h1-8,13-16,19-22H,9-12H2,(H,27,29)(H,28,30). The lowest BCUT2D eigenvalue weighted by atomic mass is 9.95. The molecule has 0 spiro atoms. The van der Waals surface area contributed by atoms with Crippen LogP contribution in [0.25, 0.3) is 0 Å². The van der Waals surface area contributed by atoms with Crippen LogP contribution in [0.2, 0.25) is 0 Å². The second-order valence-electron chi connectivity index (χ2n) is 8.90. The maximum absolute atomic E-state index is 12.3. The van der Waals surface area contributed by atoms with E-state index in [4.69, 9.17) is 0 Å². The number of nitrogens with one attached hydrogen (secondary N) is 2. The largest absolute Gasteiger partial charge is 0.271 e. The Morgan fingerprint density at radius 3 is 1.47 bits per heavy atom. The van der Waals surface area contributed by atoms with Gasteiger partial charge in [-0.25, -0.2) is 10.9 Å². The van der Waals surface area contributed by atoms with Crippen molar-refractivity contribution in [1.82, 2.24) is 10.9 Å². The maximum Gasteiger partial charge on any atom is 0.271 e. The van der Waals surface area contributed by atoms with Gasteiger partial charge in [-0.3, -0.25) is 9.59 Å². The summed E-state index contributed by atoms with van der Waals surface area (Å²) in [5.41, 5.74) is 6.11. The minimum atomic E-state index is -0.278. The molecule has 0 radical (unpaired) electrons. The Morgan fingerprint density at radius 2 is 1.13 bits per heavy atom. The Hall–Kier alpha value is -3.02. The fourth-order valence-electron chi connectivity index (χ4n) is 5.27. The number of fused-ring (bicyclic) bond motifs is 4. The third kappa shape index (κ3) is 3.86. The first kappa shape index (κ1) is 19.0. The number of allylic oxidation sites excluding steroid dienone is 4. The number of hydrogen-bond acceptors (Lipinski definition) is 4. The first-order valence-electron chi connectivity index (χ1n) is 10.8. The van der Waals surface area contributed by atoms with E-state index in [1.807, 2.05) is 12.4 Å². The zero-order valence-corrected chi connectivity index (χ0v) is 16.8. The van der Waals surface area contributed by atoms with E-state index in [0.29, 0.717) is 46.6 Å². The predicted molar refractivity (Wildman–Crippen MR) is 116 cm³/mol. The smallest absolute Gasteiger partial charge is 0.267 e. The molecule has 6 atom stereocenters. The van der Waals surface area contributed by atoms with Crippen LogP contribution in [0, 0.1) is 35.5 Å². The lowest BCUT2D eigenvalue weighted by Gasteiger charge is -2.12. The van der Waals surface area contributed by atoms with Gasteiger partial charge < -0.3 is 0 Å². The van der Waals surface area contributed by atoms with E-state index >= 15 is 0 Å². The van der Waals surface area contributed by atoms with Crippen molar-refractivity contribution in [2.24, 2.45) is 45.7 Å². The summed E-state index contributed by atoms with van der Waals surface area (Å²) in [7, 11) is 0. The van der Waals surface area contributed by atoms with Crippen LogP contribution >= 0.6 is 0 Å². The van der Waals surface area contributed by atoms with Gasteiger partial charge in [0.25, 0.3) is 11.8 Å². The molecule has 0 heterocycles. The molecular formula is C24H26N4O2. The van der Waals surface area contributed by atoms with Crippen molar-refractivity contribution in [1.29, 1.82) is 0 Å². The summed E-state index contributed by atoms with van der Waals surface area (Å²) < 4.78 is 0. The van der Waals surface area contributed by atoms with E-state index in [1.165, 1.54) is 12.8 Å². The van der Waals surface area contributed by atoms with Crippen LogP contribution < -0.4 is 10.9 Å². The monoisotopic (exact) mass is 402 g/mol. The Labute approximate surface area is 176 Å². The summed E-state index contributed by atoms with van der Waals surface area (Å²) in [6, 6.07) is 6.52. The van der Waals surface area contributed by atoms with Gasteiger partial charge in [-0.1, -0.05) is 24.3 Å². The summed E-state index contributed by atoms with van der Waals surface area (Å²) >= 11 is 0. The first-order chi connectivity index (χ1) is 14.7. The van der Waals surface area contributed by atoms with Crippen LogP contribution in [0.15, 0.2) is 58.8 Å². The van der Waals surface area contributed by atoms with E-state index in [9.17, 15) is 9.59 Å². The summed E-state index contributed by atoms with van der Waals surface area (Å²) in [4.78, 5) is 24.5. The molecular weight excluding hydrogens is 376 g/mol. The molecule has 2 fully saturated rings. The molecule has 0 aromatic heterocycles. The van der Waals surface area contributed by atoms with Gasteiger partial charge in [0.2, 0.25) is 0 Å². The lowest BCUT2D eigenvalue weighted by molar-refractivity contribution is 0.0943. The summed E-state index contributed by atoms with van der Waals surface area (Å²) in [6.45, 7) is 0. The second kappa shape index (κ2) is 8.01. The van der Waals surface area contributed by atoms with E-state index < -0.39 is 0 Å². The molecule has 0 saturated heterocycles. The molecule has 4 aliphatic carbocycles. The first-order valence-corrected chi connectivity index (χ1v) is 10.8. The lowest BCUT2D eigenvalue weighted by Crippen LogP contribution is -2.21. The van der Waals surface area contributed by atoms with Crippen molar-refractivity contribution in [3.05, 3.63) is 59.7 Å². The number of hydrogen-bond donors (Lipinski definition) is 2. The Balaban J connectivity index is 1.10. The number of nitrogens with zero attached hydrogens (tertiary/aromatic N) is 2.